The van der Waals surface area contributed by atoms with Crippen LogP contribution in [0.5, 0.6) is 5.75 Å². The summed E-state index contributed by atoms with van der Waals surface area (Å²) in [6, 6.07) is 9.85. The Balaban J connectivity index is 2.39. The van der Waals surface area contributed by atoms with Crippen molar-refractivity contribution in [2.24, 2.45) is 0 Å². The van der Waals surface area contributed by atoms with E-state index < -0.39 is 10.0 Å². The van der Waals surface area contributed by atoms with Gasteiger partial charge in [0.15, 0.2) is 0 Å². The average Bonchev–Trinajstić information content (AvgIpc) is 2.42. The highest BCUT2D eigenvalue weighted by Crippen LogP contribution is 2.33. The van der Waals surface area contributed by atoms with Gasteiger partial charge in [-0.15, -0.1) is 0 Å². The van der Waals surface area contributed by atoms with E-state index in [2.05, 4.69) is 4.72 Å². The molecule has 0 aliphatic heterocycles. The minimum absolute atomic E-state index is 0.206. The Morgan fingerprint density at radius 2 is 1.81 bits per heavy atom. The third-order valence-electron chi connectivity index (χ3n) is 2.82. The average molecular weight is 438 g/mol. The Morgan fingerprint density at radius 1 is 1.19 bits per heavy atom. The molecule has 4 nitrogen and oxygen atoms in total. The van der Waals surface area contributed by atoms with Crippen LogP contribution in [0.25, 0.3) is 0 Å². The number of ether oxygens (including phenoxy) is 1. The first-order valence-electron chi connectivity index (χ1n) is 5.96. The molecular formula is C14H13ClINO3S. The maximum Gasteiger partial charge on any atom is 0.261 e. The number of aryl methyl sites for hydroxylation is 1. The number of hydrogen-bond donors (Lipinski definition) is 1. The summed E-state index contributed by atoms with van der Waals surface area (Å²) in [5, 5.41) is 0.431. The quantitative estimate of drug-likeness (QED) is 0.734. The van der Waals surface area contributed by atoms with Crippen molar-refractivity contribution in [2.75, 3.05) is 11.8 Å². The number of anilines is 1. The molecule has 0 bridgehead atoms. The Kier molecular flexibility index (Phi) is 5.00. The van der Waals surface area contributed by atoms with Crippen LogP contribution in [-0.4, -0.2) is 15.5 Å². The largest absolute Gasteiger partial charge is 0.495 e. The third kappa shape index (κ3) is 3.81. The van der Waals surface area contributed by atoms with Crippen LogP contribution in [-0.2, 0) is 10.0 Å². The molecule has 0 unspecified atom stereocenters. The van der Waals surface area contributed by atoms with Gasteiger partial charge in [0.1, 0.15) is 5.75 Å². The van der Waals surface area contributed by atoms with Crippen LogP contribution >= 0.6 is 34.2 Å². The third-order valence-corrected chi connectivity index (χ3v) is 5.39. The SMILES string of the molecule is COc1cc(NS(=O)(=O)c2ccc(C)cc2)c(I)cc1Cl. The van der Waals surface area contributed by atoms with Crippen LogP contribution in [0.2, 0.25) is 5.02 Å². The molecule has 2 aromatic carbocycles. The lowest BCUT2D eigenvalue weighted by Crippen LogP contribution is -2.14. The molecule has 0 aliphatic rings. The highest BCUT2D eigenvalue weighted by Gasteiger charge is 2.17. The van der Waals surface area contributed by atoms with Gasteiger partial charge in [0, 0.05) is 9.64 Å². The van der Waals surface area contributed by atoms with Gasteiger partial charge in [-0.2, -0.15) is 0 Å². The van der Waals surface area contributed by atoms with Crippen molar-refractivity contribution >= 4 is 49.9 Å². The van der Waals surface area contributed by atoms with E-state index >= 15 is 0 Å². The van der Waals surface area contributed by atoms with Gasteiger partial charge in [0.05, 0.1) is 22.7 Å². The molecule has 1 N–H and O–H groups in total. The second-order valence-electron chi connectivity index (χ2n) is 4.39. The zero-order chi connectivity index (χ0) is 15.6. The first-order valence-corrected chi connectivity index (χ1v) is 8.90. The molecule has 0 spiro atoms. The van der Waals surface area contributed by atoms with Gasteiger partial charge in [-0.25, -0.2) is 8.42 Å². The fraction of sp³-hybridized carbons (Fsp3) is 0.143. The van der Waals surface area contributed by atoms with Gasteiger partial charge in [0.2, 0.25) is 0 Å². The molecule has 0 radical (unpaired) electrons. The molecule has 0 amide bonds. The van der Waals surface area contributed by atoms with Gasteiger partial charge in [-0.1, -0.05) is 29.3 Å². The Morgan fingerprint density at radius 3 is 2.38 bits per heavy atom. The Hall–Kier alpha value is -0.990. The molecule has 0 heterocycles. The van der Waals surface area contributed by atoms with Crippen molar-refractivity contribution in [3.8, 4) is 5.75 Å². The first-order chi connectivity index (χ1) is 9.83. The first kappa shape index (κ1) is 16.4. The van der Waals surface area contributed by atoms with E-state index in [1.165, 1.54) is 7.11 Å². The molecule has 0 saturated carbocycles. The predicted molar refractivity (Wildman–Crippen MR) is 92.7 cm³/mol. The van der Waals surface area contributed by atoms with E-state index in [1.54, 1.807) is 36.4 Å². The lowest BCUT2D eigenvalue weighted by Gasteiger charge is -2.12. The van der Waals surface area contributed by atoms with Crippen LogP contribution in [0.4, 0.5) is 5.69 Å². The van der Waals surface area contributed by atoms with E-state index in [-0.39, 0.29) is 4.90 Å². The number of hydrogen-bond acceptors (Lipinski definition) is 3. The van der Waals surface area contributed by atoms with Crippen LogP contribution in [0, 0.1) is 10.5 Å². The number of sulfonamides is 1. The summed E-state index contributed by atoms with van der Waals surface area (Å²) in [6.45, 7) is 1.90. The topological polar surface area (TPSA) is 55.4 Å². The molecule has 0 aromatic heterocycles. The summed E-state index contributed by atoms with van der Waals surface area (Å²) in [4.78, 5) is 0.206. The summed E-state index contributed by atoms with van der Waals surface area (Å²) < 4.78 is 33.1. The number of benzene rings is 2. The standard InChI is InChI=1S/C14H13ClINO3S/c1-9-3-5-10(6-4-9)21(18,19)17-13-8-14(20-2)11(15)7-12(13)16/h3-8,17H,1-2H3. The summed E-state index contributed by atoms with van der Waals surface area (Å²) in [5.74, 6) is 0.415. The second-order valence-corrected chi connectivity index (χ2v) is 7.64. The van der Waals surface area contributed by atoms with Gasteiger partial charge in [-0.05, 0) is 47.7 Å². The molecule has 2 rings (SSSR count). The second kappa shape index (κ2) is 6.41. The fourth-order valence-electron chi connectivity index (χ4n) is 1.68. The molecule has 0 fully saturated rings. The number of rotatable bonds is 4. The van der Waals surface area contributed by atoms with Crippen LogP contribution in [0.3, 0.4) is 0 Å². The molecule has 0 atom stereocenters. The van der Waals surface area contributed by atoms with Gasteiger partial charge >= 0.3 is 0 Å². The van der Waals surface area contributed by atoms with Crippen LogP contribution in [0.1, 0.15) is 5.56 Å². The van der Waals surface area contributed by atoms with E-state index in [9.17, 15) is 8.42 Å². The summed E-state index contributed by atoms with van der Waals surface area (Å²) >= 11 is 8.02. The molecule has 112 valence electrons. The number of methoxy groups -OCH3 is 1. The summed E-state index contributed by atoms with van der Waals surface area (Å²) in [5.41, 5.74) is 1.43. The van der Waals surface area contributed by atoms with Crippen molar-refractivity contribution in [2.45, 2.75) is 11.8 Å². The summed E-state index contributed by atoms with van der Waals surface area (Å²) in [6.07, 6.45) is 0. The van der Waals surface area contributed by atoms with E-state index in [4.69, 9.17) is 16.3 Å². The van der Waals surface area contributed by atoms with Crippen LogP contribution in [0.15, 0.2) is 41.3 Å². The zero-order valence-corrected chi connectivity index (χ0v) is 15.1. The zero-order valence-electron chi connectivity index (χ0n) is 11.4. The molecule has 2 aromatic rings. The molecule has 0 saturated heterocycles. The molecule has 7 heteroatoms. The monoisotopic (exact) mass is 437 g/mol. The van der Waals surface area contributed by atoms with Gasteiger partial charge in [0.25, 0.3) is 10.0 Å². The normalized spacial score (nSPS) is 11.2. The minimum Gasteiger partial charge on any atom is -0.495 e. The van der Waals surface area contributed by atoms with E-state index in [1.807, 2.05) is 29.5 Å². The summed E-state index contributed by atoms with van der Waals surface area (Å²) in [7, 11) is -2.17. The number of halogens is 2. The maximum absolute atomic E-state index is 12.4. The van der Waals surface area contributed by atoms with Crippen molar-refractivity contribution in [3.63, 3.8) is 0 Å². The lowest BCUT2D eigenvalue weighted by molar-refractivity contribution is 0.415. The minimum atomic E-state index is -3.64. The van der Waals surface area contributed by atoms with Crippen molar-refractivity contribution < 1.29 is 13.2 Å². The van der Waals surface area contributed by atoms with E-state index in [0.29, 0.717) is 20.0 Å². The van der Waals surface area contributed by atoms with Crippen molar-refractivity contribution in [1.29, 1.82) is 0 Å². The highest BCUT2D eigenvalue weighted by molar-refractivity contribution is 14.1. The molecule has 21 heavy (non-hydrogen) atoms. The Bertz CT molecular complexity index is 761. The fourth-order valence-corrected chi connectivity index (χ4v) is 3.97. The smallest absolute Gasteiger partial charge is 0.261 e. The lowest BCUT2D eigenvalue weighted by atomic mass is 10.2. The van der Waals surface area contributed by atoms with Crippen LogP contribution < -0.4 is 9.46 Å². The van der Waals surface area contributed by atoms with E-state index in [0.717, 1.165) is 5.56 Å². The Labute approximate surface area is 142 Å². The molecular weight excluding hydrogens is 425 g/mol. The molecule has 0 aliphatic carbocycles. The predicted octanol–water partition coefficient (Wildman–Crippen LogP) is 4.06. The maximum atomic E-state index is 12.4. The van der Waals surface area contributed by atoms with Crippen molar-refractivity contribution in [1.82, 2.24) is 0 Å². The van der Waals surface area contributed by atoms with Gasteiger partial charge < -0.3 is 4.74 Å². The highest BCUT2D eigenvalue weighted by atomic mass is 127. The van der Waals surface area contributed by atoms with Crippen molar-refractivity contribution in [3.05, 3.63) is 50.6 Å². The number of nitrogens with one attached hydrogen (secondary N) is 1. The van der Waals surface area contributed by atoms with Gasteiger partial charge in [-0.3, -0.25) is 4.72 Å².